The standard InChI is InChI=1S/C14H15BrN2O4/c1-2-7-20-11-4-3-9(8-10(11)15)14(16)12-5-6-13(21-12)17(18)19/h3-6,8,14H,2,7,16H2,1H3. The highest BCUT2D eigenvalue weighted by Crippen LogP contribution is 2.31. The molecule has 2 N–H and O–H groups in total. The lowest BCUT2D eigenvalue weighted by molar-refractivity contribution is -0.402. The summed E-state index contributed by atoms with van der Waals surface area (Å²) in [6, 6.07) is 7.68. The molecule has 1 atom stereocenters. The van der Waals surface area contributed by atoms with Crippen molar-refractivity contribution in [1.82, 2.24) is 0 Å². The Hall–Kier alpha value is -1.86. The summed E-state index contributed by atoms with van der Waals surface area (Å²) in [7, 11) is 0. The van der Waals surface area contributed by atoms with Gasteiger partial charge >= 0.3 is 5.88 Å². The van der Waals surface area contributed by atoms with Crippen molar-refractivity contribution in [2.45, 2.75) is 19.4 Å². The van der Waals surface area contributed by atoms with Crippen LogP contribution in [0.3, 0.4) is 0 Å². The molecule has 0 aliphatic carbocycles. The number of hydrogen-bond donors (Lipinski definition) is 1. The van der Waals surface area contributed by atoms with Crippen molar-refractivity contribution in [2.75, 3.05) is 6.61 Å². The van der Waals surface area contributed by atoms with Crippen LogP contribution >= 0.6 is 15.9 Å². The first kappa shape index (κ1) is 15.5. The van der Waals surface area contributed by atoms with Crippen molar-refractivity contribution in [3.8, 4) is 5.75 Å². The quantitative estimate of drug-likeness (QED) is 0.629. The Morgan fingerprint density at radius 3 is 2.76 bits per heavy atom. The average Bonchev–Trinajstić information content (AvgIpc) is 2.95. The first-order valence-corrected chi connectivity index (χ1v) is 7.24. The van der Waals surface area contributed by atoms with Crippen LogP contribution in [0, 0.1) is 10.1 Å². The van der Waals surface area contributed by atoms with Crippen LogP contribution in [0.25, 0.3) is 0 Å². The van der Waals surface area contributed by atoms with Crippen molar-refractivity contribution in [3.63, 3.8) is 0 Å². The predicted octanol–water partition coefficient (Wildman–Crippen LogP) is 3.79. The van der Waals surface area contributed by atoms with Gasteiger partial charge < -0.3 is 14.9 Å². The van der Waals surface area contributed by atoms with E-state index in [9.17, 15) is 10.1 Å². The molecule has 0 amide bonds. The Bertz CT molecular complexity index is 642. The summed E-state index contributed by atoms with van der Waals surface area (Å²) < 4.78 is 11.5. The third-order valence-electron chi connectivity index (χ3n) is 2.88. The van der Waals surface area contributed by atoms with E-state index in [4.69, 9.17) is 14.9 Å². The highest BCUT2D eigenvalue weighted by atomic mass is 79.9. The molecule has 1 aromatic carbocycles. The van der Waals surface area contributed by atoms with Crippen molar-refractivity contribution >= 4 is 21.8 Å². The van der Waals surface area contributed by atoms with Gasteiger partial charge in [0.25, 0.3) is 0 Å². The normalized spacial score (nSPS) is 12.1. The van der Waals surface area contributed by atoms with Crippen molar-refractivity contribution in [3.05, 3.63) is 56.2 Å². The highest BCUT2D eigenvalue weighted by molar-refractivity contribution is 9.10. The molecule has 112 valence electrons. The summed E-state index contributed by atoms with van der Waals surface area (Å²) in [4.78, 5) is 10.0. The largest absolute Gasteiger partial charge is 0.492 e. The monoisotopic (exact) mass is 354 g/mol. The van der Waals surface area contributed by atoms with E-state index in [-0.39, 0.29) is 5.88 Å². The maximum Gasteiger partial charge on any atom is 0.433 e. The first-order chi connectivity index (χ1) is 10.0. The lowest BCUT2D eigenvalue weighted by Gasteiger charge is -2.12. The van der Waals surface area contributed by atoms with Crippen molar-refractivity contribution in [2.24, 2.45) is 5.73 Å². The van der Waals surface area contributed by atoms with Gasteiger partial charge in [-0.3, -0.25) is 10.1 Å². The molecule has 0 aliphatic rings. The number of nitrogens with zero attached hydrogens (tertiary/aromatic N) is 1. The molecule has 0 bridgehead atoms. The molecule has 2 rings (SSSR count). The van der Waals surface area contributed by atoms with Gasteiger partial charge in [0.1, 0.15) is 16.4 Å². The Morgan fingerprint density at radius 1 is 1.43 bits per heavy atom. The second kappa shape index (κ2) is 6.73. The molecule has 0 fully saturated rings. The third kappa shape index (κ3) is 3.62. The summed E-state index contributed by atoms with van der Waals surface area (Å²) in [6.07, 6.45) is 0.920. The fourth-order valence-electron chi connectivity index (χ4n) is 1.81. The summed E-state index contributed by atoms with van der Waals surface area (Å²) in [6.45, 7) is 2.66. The van der Waals surface area contributed by atoms with Crippen LogP contribution in [0.4, 0.5) is 5.88 Å². The number of benzene rings is 1. The predicted molar refractivity (Wildman–Crippen MR) is 81.3 cm³/mol. The van der Waals surface area contributed by atoms with E-state index < -0.39 is 11.0 Å². The molecule has 21 heavy (non-hydrogen) atoms. The van der Waals surface area contributed by atoms with Crippen LogP contribution in [0.1, 0.15) is 30.7 Å². The van der Waals surface area contributed by atoms with Gasteiger partial charge in [-0.2, -0.15) is 0 Å². The number of hydrogen-bond acceptors (Lipinski definition) is 5. The van der Waals surface area contributed by atoms with Gasteiger partial charge in [0.2, 0.25) is 0 Å². The second-order valence-electron chi connectivity index (χ2n) is 4.45. The summed E-state index contributed by atoms with van der Waals surface area (Å²) >= 11 is 3.43. The van der Waals surface area contributed by atoms with Crippen LogP contribution in [-0.2, 0) is 0 Å². The Kier molecular flexibility index (Phi) is 4.98. The SMILES string of the molecule is CCCOc1ccc(C(N)c2ccc([N+](=O)[O-])o2)cc1Br. The maximum atomic E-state index is 10.6. The first-order valence-electron chi connectivity index (χ1n) is 6.45. The van der Waals surface area contributed by atoms with Gasteiger partial charge in [-0.25, -0.2) is 0 Å². The van der Waals surface area contributed by atoms with E-state index in [1.165, 1.54) is 12.1 Å². The minimum Gasteiger partial charge on any atom is -0.492 e. The summed E-state index contributed by atoms with van der Waals surface area (Å²) in [5.41, 5.74) is 6.84. The van der Waals surface area contributed by atoms with Crippen LogP contribution in [0.15, 0.2) is 39.2 Å². The Labute approximate surface area is 130 Å². The van der Waals surface area contributed by atoms with Gasteiger partial charge in [-0.15, -0.1) is 0 Å². The van der Waals surface area contributed by atoms with Crippen molar-refractivity contribution in [1.29, 1.82) is 0 Å². The zero-order valence-corrected chi connectivity index (χ0v) is 13.0. The summed E-state index contributed by atoms with van der Waals surface area (Å²) in [5.74, 6) is 0.761. The molecule has 0 spiro atoms. The van der Waals surface area contributed by atoms with Crippen LogP contribution in [-0.4, -0.2) is 11.5 Å². The average molecular weight is 355 g/mol. The van der Waals surface area contributed by atoms with Gasteiger partial charge in [-0.05, 0) is 46.1 Å². The van der Waals surface area contributed by atoms with Gasteiger partial charge in [0.15, 0.2) is 0 Å². The number of ether oxygens (including phenoxy) is 1. The van der Waals surface area contributed by atoms with Crippen LogP contribution < -0.4 is 10.5 Å². The zero-order valence-electron chi connectivity index (χ0n) is 11.4. The number of rotatable bonds is 6. The fourth-order valence-corrected chi connectivity index (χ4v) is 2.32. The Morgan fingerprint density at radius 2 is 2.19 bits per heavy atom. The highest BCUT2D eigenvalue weighted by Gasteiger charge is 2.19. The molecule has 6 nitrogen and oxygen atoms in total. The maximum absolute atomic E-state index is 10.6. The van der Waals surface area contributed by atoms with Gasteiger partial charge in [0.05, 0.1) is 23.2 Å². The number of nitrogens with two attached hydrogens (primary N) is 1. The lowest BCUT2D eigenvalue weighted by Crippen LogP contribution is -2.11. The van der Waals surface area contributed by atoms with E-state index >= 15 is 0 Å². The summed E-state index contributed by atoms with van der Waals surface area (Å²) in [5, 5.41) is 10.6. The molecule has 7 heteroatoms. The van der Waals surface area contributed by atoms with E-state index in [0.29, 0.717) is 12.4 Å². The van der Waals surface area contributed by atoms with Crippen LogP contribution in [0.5, 0.6) is 5.75 Å². The number of furan rings is 1. The van der Waals surface area contributed by atoms with E-state index in [0.717, 1.165) is 22.2 Å². The number of nitro groups is 1. The molecule has 1 unspecified atom stereocenters. The topological polar surface area (TPSA) is 91.5 Å². The molecule has 2 aromatic rings. The molecule has 0 aliphatic heterocycles. The molecule has 1 heterocycles. The second-order valence-corrected chi connectivity index (χ2v) is 5.30. The van der Waals surface area contributed by atoms with E-state index in [2.05, 4.69) is 15.9 Å². The number of halogens is 1. The van der Waals surface area contributed by atoms with Gasteiger partial charge in [0, 0.05) is 0 Å². The smallest absolute Gasteiger partial charge is 0.433 e. The third-order valence-corrected chi connectivity index (χ3v) is 3.50. The minimum atomic E-state index is -0.589. The molecule has 0 saturated heterocycles. The zero-order chi connectivity index (χ0) is 15.4. The minimum absolute atomic E-state index is 0.317. The van der Waals surface area contributed by atoms with Crippen LogP contribution in [0.2, 0.25) is 0 Å². The molecular weight excluding hydrogens is 340 g/mol. The molecule has 1 aromatic heterocycles. The van der Waals surface area contributed by atoms with Crippen molar-refractivity contribution < 1.29 is 14.1 Å². The lowest BCUT2D eigenvalue weighted by atomic mass is 10.1. The van der Waals surface area contributed by atoms with Gasteiger partial charge in [-0.1, -0.05) is 13.0 Å². The Balaban J connectivity index is 2.20. The molecule has 0 saturated carbocycles. The van der Waals surface area contributed by atoms with E-state index in [1.807, 2.05) is 25.1 Å². The fraction of sp³-hybridized carbons (Fsp3) is 0.286. The molecular formula is C14H15BrN2O4. The molecule has 0 radical (unpaired) electrons. The van der Waals surface area contributed by atoms with E-state index in [1.54, 1.807) is 0 Å².